The van der Waals surface area contributed by atoms with Crippen molar-refractivity contribution < 1.29 is 0 Å². The summed E-state index contributed by atoms with van der Waals surface area (Å²) in [6.07, 6.45) is 1.11. The normalized spacial score (nSPS) is 15.9. The first kappa shape index (κ1) is 45.0. The molecule has 67 heavy (non-hydrogen) atoms. The highest BCUT2D eigenvalue weighted by atomic mass is 15.2. The van der Waals surface area contributed by atoms with E-state index in [9.17, 15) is 0 Å². The zero-order valence-electron chi connectivity index (χ0n) is 43.0. The number of benzene rings is 7. The first-order chi connectivity index (χ1) is 31.4. The third-order valence-electron chi connectivity index (χ3n) is 15.5. The van der Waals surface area contributed by atoms with Crippen molar-refractivity contribution in [3.8, 4) is 22.3 Å². The molecule has 0 N–H and O–H groups in total. The Morgan fingerprint density at radius 3 is 1.55 bits per heavy atom. The minimum Gasteiger partial charge on any atom is -0.311 e. The molecular weight excluding hydrogens is 808 g/mol. The molecule has 3 heteroatoms. The Kier molecular flexibility index (Phi) is 10.3. The molecule has 3 aliphatic rings. The molecule has 0 unspecified atom stereocenters. The van der Waals surface area contributed by atoms with Gasteiger partial charge in [-0.2, -0.15) is 0 Å². The summed E-state index contributed by atoms with van der Waals surface area (Å²) in [6.45, 7) is 35.7. The van der Waals surface area contributed by atoms with E-state index in [4.69, 9.17) is 0 Å². The van der Waals surface area contributed by atoms with Gasteiger partial charge >= 0.3 is 0 Å². The van der Waals surface area contributed by atoms with Gasteiger partial charge in [-0.05, 0) is 154 Å². The molecule has 0 fully saturated rings. The van der Waals surface area contributed by atoms with Crippen molar-refractivity contribution in [1.82, 2.24) is 0 Å². The third kappa shape index (κ3) is 7.47. The Balaban J connectivity index is 1.36. The maximum absolute atomic E-state index is 2.71. The second-order valence-corrected chi connectivity index (χ2v) is 24.8. The van der Waals surface area contributed by atoms with Gasteiger partial charge < -0.3 is 9.80 Å². The summed E-state index contributed by atoms with van der Waals surface area (Å²) in [5, 5.41) is 0. The van der Waals surface area contributed by atoms with E-state index < -0.39 is 0 Å². The molecular formula is C64H71BN2. The SMILES string of the molecule is CC(C)c1cc2c3c(c1)N(c1ccc(C(C)(C)C)cc1-c1ccccc1-c1ccccc1)c1cc4c(cc1B3c1cc(C(C)(C)C)ccc1N2c1ccc(C(C)(C)C)cc1)C(C)(C)CC4(C)C. The van der Waals surface area contributed by atoms with Crippen LogP contribution in [0.15, 0.2) is 140 Å². The van der Waals surface area contributed by atoms with Crippen LogP contribution in [0.5, 0.6) is 0 Å². The van der Waals surface area contributed by atoms with Gasteiger partial charge in [0.05, 0.1) is 5.69 Å². The average Bonchev–Trinajstić information content (AvgIpc) is 3.45. The summed E-state index contributed by atoms with van der Waals surface area (Å²) in [5.41, 5.74) is 25.0. The first-order valence-corrected chi connectivity index (χ1v) is 25.0. The maximum atomic E-state index is 2.71. The zero-order chi connectivity index (χ0) is 47.7. The summed E-state index contributed by atoms with van der Waals surface area (Å²) in [6, 6.07) is 54.7. The smallest absolute Gasteiger partial charge is 0.252 e. The minimum atomic E-state index is -0.0511. The van der Waals surface area contributed by atoms with Gasteiger partial charge in [0.1, 0.15) is 0 Å². The largest absolute Gasteiger partial charge is 0.311 e. The molecule has 0 radical (unpaired) electrons. The Hall–Kier alpha value is -5.80. The van der Waals surface area contributed by atoms with Crippen molar-refractivity contribution >= 4 is 57.2 Å². The molecule has 0 amide bonds. The van der Waals surface area contributed by atoms with Gasteiger partial charge in [0.25, 0.3) is 6.71 Å². The Labute approximate surface area is 403 Å². The van der Waals surface area contributed by atoms with Gasteiger partial charge in [-0.1, -0.05) is 195 Å². The van der Waals surface area contributed by atoms with Crippen LogP contribution in [0, 0.1) is 0 Å². The highest BCUT2D eigenvalue weighted by molar-refractivity contribution is 7.00. The molecule has 340 valence electrons. The molecule has 2 heterocycles. The van der Waals surface area contributed by atoms with Crippen LogP contribution in [-0.2, 0) is 27.1 Å². The summed E-state index contributed by atoms with van der Waals surface area (Å²) in [4.78, 5) is 5.31. The molecule has 0 saturated heterocycles. The van der Waals surface area contributed by atoms with Crippen LogP contribution in [0.3, 0.4) is 0 Å². The quantitative estimate of drug-likeness (QED) is 0.159. The number of fused-ring (bicyclic) bond motifs is 5. The van der Waals surface area contributed by atoms with E-state index in [1.54, 1.807) is 0 Å². The Morgan fingerprint density at radius 2 is 0.955 bits per heavy atom. The molecule has 7 aromatic rings. The number of nitrogens with zero attached hydrogens (tertiary/aromatic N) is 2. The molecule has 0 bridgehead atoms. The van der Waals surface area contributed by atoms with E-state index in [-0.39, 0.29) is 33.8 Å². The summed E-state index contributed by atoms with van der Waals surface area (Å²) >= 11 is 0. The van der Waals surface area contributed by atoms with Crippen molar-refractivity contribution in [2.45, 2.75) is 143 Å². The molecule has 10 rings (SSSR count). The predicted octanol–water partition coefficient (Wildman–Crippen LogP) is 16.1. The fourth-order valence-corrected chi connectivity index (χ4v) is 11.9. The summed E-state index contributed by atoms with van der Waals surface area (Å²) < 4.78 is 0. The fraction of sp³-hybridized carbons (Fsp3) is 0.344. The Morgan fingerprint density at radius 1 is 0.448 bits per heavy atom. The number of rotatable bonds is 5. The molecule has 0 spiro atoms. The van der Waals surface area contributed by atoms with Crippen LogP contribution in [0.25, 0.3) is 22.3 Å². The average molecular weight is 879 g/mol. The zero-order valence-corrected chi connectivity index (χ0v) is 43.0. The lowest BCUT2D eigenvalue weighted by atomic mass is 9.33. The molecule has 2 nitrogen and oxygen atoms in total. The maximum Gasteiger partial charge on any atom is 0.252 e. The number of hydrogen-bond acceptors (Lipinski definition) is 2. The van der Waals surface area contributed by atoms with E-state index in [1.807, 2.05) is 0 Å². The second kappa shape index (κ2) is 15.4. The standard InChI is InChI=1S/C64H71BN2/c1-40(2)42-33-57-59-58(34-42)67(54-31-27-44(61(6,7)8)35-49(54)48-24-20-19-23-47(48)41-21-17-16-18-22-41)56-38-51-50(63(12,13)39-64(51,14)15)37-53(56)65(59)52-36-45(62(9,10)11)28-32-55(52)66(57)46-29-25-43(26-30-46)60(3,4)5/h16-38,40H,39H2,1-15H3. The van der Waals surface area contributed by atoms with Crippen LogP contribution in [0.4, 0.5) is 34.1 Å². The minimum absolute atomic E-state index is 0.0173. The summed E-state index contributed by atoms with van der Waals surface area (Å²) in [5.74, 6) is 0.305. The second-order valence-electron chi connectivity index (χ2n) is 24.8. The van der Waals surface area contributed by atoms with E-state index >= 15 is 0 Å². The van der Waals surface area contributed by atoms with Crippen molar-refractivity contribution in [3.05, 3.63) is 173 Å². The highest BCUT2D eigenvalue weighted by Gasteiger charge is 2.48. The van der Waals surface area contributed by atoms with Gasteiger partial charge in [0.2, 0.25) is 0 Å². The van der Waals surface area contributed by atoms with Crippen LogP contribution >= 0.6 is 0 Å². The Bertz CT molecular complexity index is 3070. The van der Waals surface area contributed by atoms with Crippen molar-refractivity contribution in [2.75, 3.05) is 9.80 Å². The van der Waals surface area contributed by atoms with Gasteiger partial charge in [0, 0.05) is 34.0 Å². The molecule has 0 atom stereocenters. The molecule has 0 aromatic heterocycles. The van der Waals surface area contributed by atoms with E-state index in [0.717, 1.165) is 6.42 Å². The van der Waals surface area contributed by atoms with Crippen molar-refractivity contribution in [3.63, 3.8) is 0 Å². The lowest BCUT2D eigenvalue weighted by molar-refractivity contribution is 0.403. The van der Waals surface area contributed by atoms with E-state index in [0.29, 0.717) is 5.92 Å². The molecule has 2 aliphatic heterocycles. The van der Waals surface area contributed by atoms with Gasteiger partial charge in [-0.3, -0.25) is 0 Å². The monoisotopic (exact) mass is 879 g/mol. The van der Waals surface area contributed by atoms with Crippen molar-refractivity contribution in [1.29, 1.82) is 0 Å². The fourth-order valence-electron chi connectivity index (χ4n) is 11.9. The summed E-state index contributed by atoms with van der Waals surface area (Å²) in [7, 11) is 0. The predicted molar refractivity (Wildman–Crippen MR) is 292 cm³/mol. The van der Waals surface area contributed by atoms with Crippen LogP contribution in [0.2, 0.25) is 0 Å². The van der Waals surface area contributed by atoms with E-state index in [2.05, 4.69) is 253 Å². The molecule has 0 saturated carbocycles. The van der Waals surface area contributed by atoms with Gasteiger partial charge in [0.15, 0.2) is 0 Å². The molecule has 1 aliphatic carbocycles. The lowest BCUT2D eigenvalue weighted by Gasteiger charge is -2.46. The third-order valence-corrected chi connectivity index (χ3v) is 15.5. The number of anilines is 6. The number of hydrogen-bond donors (Lipinski definition) is 0. The lowest BCUT2D eigenvalue weighted by Crippen LogP contribution is -2.61. The van der Waals surface area contributed by atoms with Crippen LogP contribution in [0.1, 0.15) is 150 Å². The van der Waals surface area contributed by atoms with E-state index in [1.165, 1.54) is 106 Å². The topological polar surface area (TPSA) is 6.48 Å². The molecule has 7 aromatic carbocycles. The van der Waals surface area contributed by atoms with Crippen molar-refractivity contribution in [2.24, 2.45) is 0 Å². The van der Waals surface area contributed by atoms with Crippen LogP contribution < -0.4 is 26.2 Å². The van der Waals surface area contributed by atoms with Crippen LogP contribution in [-0.4, -0.2) is 6.71 Å². The first-order valence-electron chi connectivity index (χ1n) is 25.0. The highest BCUT2D eigenvalue weighted by Crippen LogP contribution is 2.54. The van der Waals surface area contributed by atoms with Gasteiger partial charge in [-0.25, -0.2) is 0 Å². The van der Waals surface area contributed by atoms with Gasteiger partial charge in [-0.15, -0.1) is 0 Å².